The van der Waals surface area contributed by atoms with E-state index in [1.54, 1.807) is 19.0 Å². The Hall–Kier alpha value is -1.87. The van der Waals surface area contributed by atoms with Gasteiger partial charge in [-0.15, -0.1) is 0 Å². The van der Waals surface area contributed by atoms with Gasteiger partial charge in [0.2, 0.25) is 0 Å². The summed E-state index contributed by atoms with van der Waals surface area (Å²) in [7, 11) is 5.04. The van der Waals surface area contributed by atoms with E-state index in [2.05, 4.69) is 0 Å². The summed E-state index contributed by atoms with van der Waals surface area (Å²) in [6.07, 6.45) is 1.08. The first-order valence-electron chi connectivity index (χ1n) is 8.00. The van der Waals surface area contributed by atoms with E-state index in [1.165, 1.54) is 18.7 Å². The zero-order valence-corrected chi connectivity index (χ0v) is 16.0. The molecule has 0 atom stereocenters. The lowest BCUT2D eigenvalue weighted by Gasteiger charge is -2.32. The molecule has 1 aliphatic heterocycles. The van der Waals surface area contributed by atoms with Crippen molar-refractivity contribution in [1.29, 1.82) is 0 Å². The zero-order valence-electron chi connectivity index (χ0n) is 16.0. The minimum atomic E-state index is -1.21. The molecule has 0 spiro atoms. The molecule has 0 unspecified atom stereocenters. The molecule has 7 nitrogen and oxygen atoms in total. The van der Waals surface area contributed by atoms with Crippen molar-refractivity contribution >= 4 is 19.0 Å². The molecule has 2 rings (SSSR count). The van der Waals surface area contributed by atoms with E-state index in [0.717, 1.165) is 10.6 Å². The van der Waals surface area contributed by atoms with Gasteiger partial charge in [-0.05, 0) is 33.8 Å². The molecule has 0 saturated carbocycles. The fourth-order valence-electron chi connectivity index (χ4n) is 2.69. The third kappa shape index (κ3) is 3.18. The van der Waals surface area contributed by atoms with Crippen LogP contribution >= 0.6 is 0 Å². The van der Waals surface area contributed by atoms with Crippen LogP contribution in [0, 0.1) is 0 Å². The Balaban J connectivity index is 2.59. The van der Waals surface area contributed by atoms with Gasteiger partial charge in [0.25, 0.3) is 5.56 Å². The van der Waals surface area contributed by atoms with Crippen molar-refractivity contribution in [3.63, 3.8) is 0 Å². The van der Waals surface area contributed by atoms with Gasteiger partial charge in [-0.25, -0.2) is 9.18 Å². The smallest absolute Gasteiger partial charge is 0.398 e. The molecule has 9 heteroatoms. The number of rotatable bonds is 3. The van der Waals surface area contributed by atoms with Gasteiger partial charge in [-0.2, -0.15) is 0 Å². The van der Waals surface area contributed by atoms with E-state index in [0.29, 0.717) is 5.82 Å². The summed E-state index contributed by atoms with van der Waals surface area (Å²) in [4.78, 5) is 26.2. The van der Waals surface area contributed by atoms with E-state index in [4.69, 9.17) is 9.31 Å². The molecule has 1 aliphatic rings. The highest BCUT2D eigenvalue weighted by Gasteiger charge is 2.53. The van der Waals surface area contributed by atoms with E-state index < -0.39 is 35.3 Å². The normalized spacial score (nSPS) is 19.4. The lowest BCUT2D eigenvalue weighted by atomic mass is 9.87. The van der Waals surface area contributed by atoms with Gasteiger partial charge in [-0.3, -0.25) is 13.9 Å². The van der Waals surface area contributed by atoms with Crippen LogP contribution in [-0.2, 0) is 23.4 Å². The minimum absolute atomic E-state index is 0.0572. The van der Waals surface area contributed by atoms with Gasteiger partial charge in [0.05, 0.1) is 16.8 Å². The Morgan fingerprint density at radius 2 is 1.56 bits per heavy atom. The molecule has 0 aliphatic carbocycles. The largest absolute Gasteiger partial charge is 0.525 e. The molecule has 1 aromatic rings. The van der Waals surface area contributed by atoms with E-state index >= 15 is 0 Å². The highest BCUT2D eigenvalue weighted by molar-refractivity contribution is 6.54. The zero-order chi connectivity index (χ0) is 19.3. The van der Waals surface area contributed by atoms with Crippen LogP contribution in [0.15, 0.2) is 15.3 Å². The summed E-state index contributed by atoms with van der Waals surface area (Å²) >= 11 is 0. The molecule has 2 heterocycles. The van der Waals surface area contributed by atoms with Crippen LogP contribution in [0.5, 0.6) is 0 Å². The van der Waals surface area contributed by atoms with Gasteiger partial charge in [-0.1, -0.05) is 0 Å². The average molecular weight is 353 g/mol. The lowest BCUT2D eigenvalue weighted by Crippen LogP contribution is -2.41. The standard InChI is InChI=1S/C16H25BFN3O4/c1-15(2)16(3,4)25-17(24-15)11(18)9-10-12(19(5)6)20(7)14(23)21(8)13(10)22/h9H,1-8H3. The summed E-state index contributed by atoms with van der Waals surface area (Å²) < 4.78 is 28.4. The first-order valence-corrected chi connectivity index (χ1v) is 8.00. The van der Waals surface area contributed by atoms with Gasteiger partial charge in [0.15, 0.2) is 0 Å². The Labute approximate surface area is 146 Å². The van der Waals surface area contributed by atoms with Crippen molar-refractivity contribution in [3.8, 4) is 0 Å². The van der Waals surface area contributed by atoms with Crippen molar-refractivity contribution in [2.45, 2.75) is 38.9 Å². The topological polar surface area (TPSA) is 65.7 Å². The number of hydrogen-bond donors (Lipinski definition) is 0. The molecule has 0 aromatic carbocycles. The molecule has 0 bridgehead atoms. The quantitative estimate of drug-likeness (QED) is 0.762. The number of hydrogen-bond acceptors (Lipinski definition) is 5. The van der Waals surface area contributed by atoms with E-state index in [-0.39, 0.29) is 5.56 Å². The highest BCUT2D eigenvalue weighted by atomic mass is 19.1. The van der Waals surface area contributed by atoms with Gasteiger partial charge >= 0.3 is 12.8 Å². The molecular formula is C16H25BFN3O4. The van der Waals surface area contributed by atoms with Crippen LogP contribution in [-0.4, -0.2) is 41.6 Å². The maximum absolute atomic E-state index is 14.8. The van der Waals surface area contributed by atoms with Gasteiger partial charge in [0, 0.05) is 28.2 Å². The molecule has 1 saturated heterocycles. The summed E-state index contributed by atoms with van der Waals surface area (Å²) in [6.45, 7) is 7.27. The second kappa shape index (κ2) is 6.14. The van der Waals surface area contributed by atoms with Crippen LogP contribution in [0.3, 0.4) is 0 Å². The molecule has 1 aromatic heterocycles. The second-order valence-corrected chi connectivity index (χ2v) is 7.45. The van der Waals surface area contributed by atoms with Crippen molar-refractivity contribution in [2.75, 3.05) is 19.0 Å². The SMILES string of the molecule is CN(C)c1c(C=C(F)B2OC(C)(C)C(C)(C)O2)c(=O)n(C)c(=O)n1C. The average Bonchev–Trinajstić information content (AvgIpc) is 2.70. The molecule has 0 radical (unpaired) electrons. The van der Waals surface area contributed by atoms with E-state index in [9.17, 15) is 14.0 Å². The molecular weight excluding hydrogens is 328 g/mol. The third-order valence-electron chi connectivity index (χ3n) is 4.85. The first kappa shape index (κ1) is 19.5. The van der Waals surface area contributed by atoms with Crippen LogP contribution in [0.1, 0.15) is 33.3 Å². The summed E-state index contributed by atoms with van der Waals surface area (Å²) in [5.41, 5.74) is -3.12. The molecule has 0 N–H and O–H groups in total. The first-order chi connectivity index (χ1) is 11.3. The fraction of sp³-hybridized carbons (Fsp3) is 0.625. The minimum Gasteiger partial charge on any atom is -0.398 e. The van der Waals surface area contributed by atoms with Crippen molar-refractivity contribution in [2.24, 2.45) is 14.1 Å². The summed E-state index contributed by atoms with van der Waals surface area (Å²) in [6, 6.07) is 0. The van der Waals surface area contributed by atoms with Crippen LogP contribution < -0.4 is 16.1 Å². The highest BCUT2D eigenvalue weighted by Crippen LogP contribution is 2.39. The predicted molar refractivity (Wildman–Crippen MR) is 96.4 cm³/mol. The Morgan fingerprint density at radius 1 is 1.08 bits per heavy atom. The Kier molecular flexibility index (Phi) is 4.78. The maximum Gasteiger partial charge on any atom is 0.525 e. The van der Waals surface area contributed by atoms with Gasteiger partial charge < -0.3 is 14.2 Å². The molecule has 25 heavy (non-hydrogen) atoms. The maximum atomic E-state index is 14.8. The van der Waals surface area contributed by atoms with Crippen molar-refractivity contribution in [1.82, 2.24) is 9.13 Å². The van der Waals surface area contributed by atoms with Crippen LogP contribution in [0.25, 0.3) is 6.08 Å². The third-order valence-corrected chi connectivity index (χ3v) is 4.85. The van der Waals surface area contributed by atoms with Crippen LogP contribution in [0.2, 0.25) is 0 Å². The predicted octanol–water partition coefficient (Wildman–Crippen LogP) is 1.09. The Morgan fingerprint density at radius 3 is 2.00 bits per heavy atom. The number of halogens is 1. The van der Waals surface area contributed by atoms with Crippen molar-refractivity contribution in [3.05, 3.63) is 32.1 Å². The van der Waals surface area contributed by atoms with Crippen LogP contribution in [0.4, 0.5) is 10.2 Å². The lowest BCUT2D eigenvalue weighted by molar-refractivity contribution is 0.00578. The second-order valence-electron chi connectivity index (χ2n) is 7.45. The number of aromatic nitrogens is 2. The number of anilines is 1. The Bertz CT molecular complexity index is 823. The van der Waals surface area contributed by atoms with Crippen molar-refractivity contribution < 1.29 is 13.7 Å². The summed E-state index contributed by atoms with van der Waals surface area (Å²) in [5.74, 6) is 0.305. The van der Waals surface area contributed by atoms with E-state index in [1.807, 2.05) is 27.7 Å². The molecule has 0 amide bonds. The fourth-order valence-corrected chi connectivity index (χ4v) is 2.69. The monoisotopic (exact) mass is 353 g/mol. The summed E-state index contributed by atoms with van der Waals surface area (Å²) in [5, 5.41) is 0. The molecule has 1 fully saturated rings. The van der Waals surface area contributed by atoms with Gasteiger partial charge in [0.1, 0.15) is 11.5 Å². The number of nitrogens with zero attached hydrogens (tertiary/aromatic N) is 3. The molecule has 138 valence electrons.